The van der Waals surface area contributed by atoms with Gasteiger partial charge in [0, 0.05) is 6.20 Å². The number of carbonyl (C=O) groups excluding carboxylic acids is 1. The van der Waals surface area contributed by atoms with Crippen LogP contribution in [0, 0.1) is 0 Å². The zero-order valence-electron chi connectivity index (χ0n) is 10.9. The maximum absolute atomic E-state index is 12.4. The molecule has 0 saturated heterocycles. The first-order valence-electron chi connectivity index (χ1n) is 6.78. The van der Waals surface area contributed by atoms with E-state index in [-0.39, 0.29) is 17.1 Å². The fraction of sp³-hybridized carbons (Fsp3) is 0.429. The number of nitrogens with one attached hydrogen (secondary N) is 1. The molecule has 1 fully saturated rings. The van der Waals surface area contributed by atoms with Crippen LogP contribution in [-0.4, -0.2) is 32.5 Å². The van der Waals surface area contributed by atoms with Crippen LogP contribution in [0.1, 0.15) is 36.2 Å². The van der Waals surface area contributed by atoms with Crippen molar-refractivity contribution in [2.45, 2.75) is 37.8 Å². The van der Waals surface area contributed by atoms with Gasteiger partial charge >= 0.3 is 0 Å². The second-order valence-corrected chi connectivity index (χ2v) is 5.47. The van der Waals surface area contributed by atoms with Gasteiger partial charge in [-0.2, -0.15) is 0 Å². The van der Waals surface area contributed by atoms with Crippen LogP contribution < -0.4 is 5.32 Å². The van der Waals surface area contributed by atoms with Gasteiger partial charge in [-0.1, -0.05) is 30.5 Å². The van der Waals surface area contributed by atoms with Gasteiger partial charge in [-0.3, -0.25) is 9.20 Å². The molecule has 0 radical (unpaired) electrons. The number of amides is 1. The standard InChI is InChI=1S/C14H16ClN3O2/c15-13-12(18-8-4-3-7-11(18)17-13)14(20)16-9-5-1-2-6-10(9)19/h3-4,7-10,19H,1-2,5-6H2,(H,16,20). The molecule has 2 aromatic heterocycles. The number of aliphatic hydroxyl groups excluding tert-OH is 1. The SMILES string of the molecule is O=C(NC1CCCCC1O)c1c(Cl)nc2ccccn12. The van der Waals surface area contributed by atoms with Crippen LogP contribution in [0.2, 0.25) is 5.15 Å². The minimum atomic E-state index is -0.481. The van der Waals surface area contributed by atoms with Gasteiger partial charge in [0.15, 0.2) is 10.8 Å². The molecule has 3 rings (SSSR count). The average Bonchev–Trinajstić information content (AvgIpc) is 2.77. The van der Waals surface area contributed by atoms with Gasteiger partial charge < -0.3 is 10.4 Å². The molecule has 2 N–H and O–H groups in total. The molecular formula is C14H16ClN3O2. The molecule has 0 bridgehead atoms. The van der Waals surface area contributed by atoms with Gasteiger partial charge in [0.2, 0.25) is 0 Å². The first-order valence-corrected chi connectivity index (χ1v) is 7.16. The second-order valence-electron chi connectivity index (χ2n) is 5.11. The Morgan fingerprint density at radius 2 is 2.20 bits per heavy atom. The van der Waals surface area contributed by atoms with Crippen LogP contribution in [0.5, 0.6) is 0 Å². The van der Waals surface area contributed by atoms with E-state index in [1.807, 2.05) is 12.1 Å². The highest BCUT2D eigenvalue weighted by molar-refractivity contribution is 6.32. The fourth-order valence-electron chi connectivity index (χ4n) is 2.69. The molecule has 6 heteroatoms. The van der Waals surface area contributed by atoms with Crippen molar-refractivity contribution in [3.05, 3.63) is 35.2 Å². The molecule has 1 aliphatic rings. The number of aliphatic hydroxyl groups is 1. The fourth-order valence-corrected chi connectivity index (χ4v) is 2.95. The third-order valence-corrected chi connectivity index (χ3v) is 4.01. The minimum absolute atomic E-state index is 0.180. The van der Waals surface area contributed by atoms with E-state index in [1.165, 1.54) is 0 Å². The summed E-state index contributed by atoms with van der Waals surface area (Å²) in [5, 5.41) is 13.0. The van der Waals surface area contributed by atoms with Crippen molar-refractivity contribution in [1.82, 2.24) is 14.7 Å². The van der Waals surface area contributed by atoms with Gasteiger partial charge in [0.1, 0.15) is 5.65 Å². The predicted octanol–water partition coefficient (Wildman–Crippen LogP) is 2.02. The minimum Gasteiger partial charge on any atom is -0.391 e. The third-order valence-electron chi connectivity index (χ3n) is 3.75. The van der Waals surface area contributed by atoms with E-state index >= 15 is 0 Å². The molecule has 1 amide bonds. The van der Waals surface area contributed by atoms with Crippen molar-refractivity contribution in [3.8, 4) is 0 Å². The average molecular weight is 294 g/mol. The summed E-state index contributed by atoms with van der Waals surface area (Å²) in [6.07, 6.45) is 4.81. The van der Waals surface area contributed by atoms with Crippen molar-refractivity contribution in [3.63, 3.8) is 0 Å². The predicted molar refractivity (Wildman–Crippen MR) is 75.9 cm³/mol. The molecular weight excluding hydrogens is 278 g/mol. The highest BCUT2D eigenvalue weighted by atomic mass is 35.5. The normalized spacial score (nSPS) is 22.9. The molecule has 0 aromatic carbocycles. The summed E-state index contributed by atoms with van der Waals surface area (Å²) >= 11 is 6.06. The Kier molecular flexibility index (Phi) is 3.63. The lowest BCUT2D eigenvalue weighted by Crippen LogP contribution is -2.45. The highest BCUT2D eigenvalue weighted by Crippen LogP contribution is 2.21. The lowest BCUT2D eigenvalue weighted by Gasteiger charge is -2.28. The largest absolute Gasteiger partial charge is 0.391 e. The molecule has 0 aliphatic heterocycles. The summed E-state index contributed by atoms with van der Waals surface area (Å²) < 4.78 is 1.66. The van der Waals surface area contributed by atoms with Gasteiger partial charge in [-0.15, -0.1) is 0 Å². The Morgan fingerprint density at radius 3 is 3.00 bits per heavy atom. The van der Waals surface area contributed by atoms with Crippen molar-refractivity contribution in [2.24, 2.45) is 0 Å². The molecule has 5 nitrogen and oxygen atoms in total. The smallest absolute Gasteiger partial charge is 0.271 e. The summed E-state index contributed by atoms with van der Waals surface area (Å²) in [6.45, 7) is 0. The zero-order valence-corrected chi connectivity index (χ0v) is 11.7. The summed E-state index contributed by atoms with van der Waals surface area (Å²) in [7, 11) is 0. The number of hydrogen-bond acceptors (Lipinski definition) is 3. The topological polar surface area (TPSA) is 66.6 Å². The highest BCUT2D eigenvalue weighted by Gasteiger charge is 2.27. The Balaban J connectivity index is 1.87. The van der Waals surface area contributed by atoms with Gasteiger partial charge in [0.25, 0.3) is 5.91 Å². The molecule has 0 spiro atoms. The van der Waals surface area contributed by atoms with Gasteiger partial charge in [-0.25, -0.2) is 4.98 Å². The van der Waals surface area contributed by atoms with E-state index in [0.29, 0.717) is 11.3 Å². The first-order chi connectivity index (χ1) is 9.66. The summed E-state index contributed by atoms with van der Waals surface area (Å²) in [6, 6.07) is 5.24. The molecule has 1 aliphatic carbocycles. The summed E-state index contributed by atoms with van der Waals surface area (Å²) in [4.78, 5) is 16.5. The number of halogens is 1. The first kappa shape index (κ1) is 13.4. The third kappa shape index (κ3) is 2.39. The van der Waals surface area contributed by atoms with E-state index in [0.717, 1.165) is 25.7 Å². The summed E-state index contributed by atoms with van der Waals surface area (Å²) in [5.41, 5.74) is 0.951. The number of pyridine rings is 1. The molecule has 2 unspecified atom stereocenters. The van der Waals surface area contributed by atoms with E-state index in [9.17, 15) is 9.90 Å². The molecule has 1 saturated carbocycles. The zero-order chi connectivity index (χ0) is 14.1. The van der Waals surface area contributed by atoms with E-state index in [2.05, 4.69) is 10.3 Å². The number of hydrogen-bond donors (Lipinski definition) is 2. The summed E-state index contributed by atoms with van der Waals surface area (Å²) in [5.74, 6) is -0.292. The lowest BCUT2D eigenvalue weighted by atomic mass is 9.92. The Morgan fingerprint density at radius 1 is 1.40 bits per heavy atom. The van der Waals surface area contributed by atoms with Crippen LogP contribution in [0.25, 0.3) is 5.65 Å². The molecule has 106 valence electrons. The van der Waals surface area contributed by atoms with Crippen molar-refractivity contribution in [1.29, 1.82) is 0 Å². The van der Waals surface area contributed by atoms with E-state index in [1.54, 1.807) is 16.7 Å². The second kappa shape index (κ2) is 5.42. The number of rotatable bonds is 2. The molecule has 2 heterocycles. The van der Waals surface area contributed by atoms with E-state index < -0.39 is 6.10 Å². The van der Waals surface area contributed by atoms with Gasteiger partial charge in [0.05, 0.1) is 12.1 Å². The van der Waals surface area contributed by atoms with Crippen molar-refractivity contribution in [2.75, 3.05) is 0 Å². The molecule has 20 heavy (non-hydrogen) atoms. The van der Waals surface area contributed by atoms with E-state index in [4.69, 9.17) is 11.6 Å². The van der Waals surface area contributed by atoms with Crippen LogP contribution in [0.4, 0.5) is 0 Å². The molecule has 2 atom stereocenters. The van der Waals surface area contributed by atoms with Crippen LogP contribution in [0.3, 0.4) is 0 Å². The van der Waals surface area contributed by atoms with Crippen LogP contribution in [0.15, 0.2) is 24.4 Å². The number of aromatic nitrogens is 2. The van der Waals surface area contributed by atoms with Crippen molar-refractivity contribution < 1.29 is 9.90 Å². The maximum Gasteiger partial charge on any atom is 0.271 e. The van der Waals surface area contributed by atoms with Crippen molar-refractivity contribution >= 4 is 23.2 Å². The Bertz CT molecular complexity index is 640. The number of nitrogens with zero attached hydrogens (tertiary/aromatic N) is 2. The monoisotopic (exact) mass is 293 g/mol. The lowest BCUT2D eigenvalue weighted by molar-refractivity contribution is 0.0713. The van der Waals surface area contributed by atoms with Crippen LogP contribution >= 0.6 is 11.6 Å². The quantitative estimate of drug-likeness (QED) is 0.890. The van der Waals surface area contributed by atoms with Crippen LogP contribution in [-0.2, 0) is 0 Å². The number of fused-ring (bicyclic) bond motifs is 1. The Labute approximate surface area is 121 Å². The Hall–Kier alpha value is -1.59. The number of carbonyl (C=O) groups is 1. The number of imidazole rings is 1. The van der Waals surface area contributed by atoms with Gasteiger partial charge in [-0.05, 0) is 25.0 Å². The maximum atomic E-state index is 12.4. The molecule has 2 aromatic rings.